The van der Waals surface area contributed by atoms with Crippen molar-refractivity contribution in [2.24, 2.45) is 0 Å². The molecule has 114 valence electrons. The first-order valence-corrected chi connectivity index (χ1v) is 7.15. The van der Waals surface area contributed by atoms with E-state index in [4.69, 9.17) is 9.52 Å². The Balaban J connectivity index is 2.37. The van der Waals surface area contributed by atoms with Crippen LogP contribution in [0, 0.1) is 17.5 Å². The maximum atomic E-state index is 13.5. The monoisotopic (exact) mass is 321 g/mol. The minimum Gasteiger partial charge on any atom is -0.468 e. The number of halogens is 3. The van der Waals surface area contributed by atoms with E-state index in [-0.39, 0.29) is 5.76 Å². The summed E-state index contributed by atoms with van der Waals surface area (Å²) in [5, 5.41) is 9.16. The fraction of sp³-hybridized carbons (Fsp3) is 0.167. The van der Waals surface area contributed by atoms with Gasteiger partial charge in [0.2, 0.25) is 10.0 Å². The van der Waals surface area contributed by atoms with E-state index in [0.717, 1.165) is 0 Å². The van der Waals surface area contributed by atoms with Crippen molar-refractivity contribution < 1.29 is 31.1 Å². The molecule has 0 aliphatic heterocycles. The molecule has 1 aromatic carbocycles. The Hall–Kier alpha value is -1.84. The Morgan fingerprint density at radius 3 is 2.48 bits per heavy atom. The van der Waals surface area contributed by atoms with Gasteiger partial charge in [0.1, 0.15) is 16.7 Å². The highest BCUT2D eigenvalue weighted by Gasteiger charge is 2.27. The highest BCUT2D eigenvalue weighted by atomic mass is 32.2. The molecule has 0 bridgehead atoms. The second kappa shape index (κ2) is 5.88. The quantitative estimate of drug-likeness (QED) is 0.822. The molecule has 2 rings (SSSR count). The summed E-state index contributed by atoms with van der Waals surface area (Å²) >= 11 is 0. The predicted octanol–water partition coefficient (Wildman–Crippen LogP) is 1.71. The second-order valence-electron chi connectivity index (χ2n) is 4.05. The number of rotatable bonds is 5. The van der Waals surface area contributed by atoms with Crippen LogP contribution in [0.3, 0.4) is 0 Å². The van der Waals surface area contributed by atoms with Gasteiger partial charge in [0.05, 0.1) is 12.9 Å². The summed E-state index contributed by atoms with van der Waals surface area (Å²) < 4.78 is 70.3. The van der Waals surface area contributed by atoms with Crippen molar-refractivity contribution in [2.75, 3.05) is 6.61 Å². The summed E-state index contributed by atoms with van der Waals surface area (Å²) in [4.78, 5) is -1.06. The Labute approximate surface area is 118 Å². The van der Waals surface area contributed by atoms with Gasteiger partial charge in [-0.2, -0.15) is 4.72 Å². The summed E-state index contributed by atoms with van der Waals surface area (Å²) in [6.07, 6.45) is 1.25. The van der Waals surface area contributed by atoms with Gasteiger partial charge >= 0.3 is 0 Å². The van der Waals surface area contributed by atoms with Crippen LogP contribution in [0.25, 0.3) is 0 Å². The third-order valence-corrected chi connectivity index (χ3v) is 4.15. The van der Waals surface area contributed by atoms with Gasteiger partial charge in [-0.1, -0.05) is 0 Å². The highest BCUT2D eigenvalue weighted by molar-refractivity contribution is 7.89. The van der Waals surface area contributed by atoms with E-state index >= 15 is 0 Å². The van der Waals surface area contributed by atoms with Gasteiger partial charge in [0.25, 0.3) is 0 Å². The molecule has 0 fully saturated rings. The van der Waals surface area contributed by atoms with E-state index in [1.165, 1.54) is 18.4 Å². The second-order valence-corrected chi connectivity index (χ2v) is 5.73. The summed E-state index contributed by atoms with van der Waals surface area (Å²) in [7, 11) is -4.52. The third-order valence-electron chi connectivity index (χ3n) is 2.66. The Morgan fingerprint density at radius 1 is 1.19 bits per heavy atom. The van der Waals surface area contributed by atoms with Crippen LogP contribution in [0.15, 0.2) is 39.8 Å². The highest BCUT2D eigenvalue weighted by Crippen LogP contribution is 2.22. The molecule has 1 unspecified atom stereocenters. The average Bonchev–Trinajstić information content (AvgIpc) is 2.96. The summed E-state index contributed by atoms with van der Waals surface area (Å²) in [6.45, 7) is -0.669. The van der Waals surface area contributed by atoms with Crippen LogP contribution in [0.5, 0.6) is 0 Å². The average molecular weight is 321 g/mol. The molecule has 0 aliphatic carbocycles. The van der Waals surface area contributed by atoms with Gasteiger partial charge in [0.15, 0.2) is 17.5 Å². The van der Waals surface area contributed by atoms with E-state index in [1.54, 1.807) is 0 Å². The van der Waals surface area contributed by atoms with E-state index in [0.29, 0.717) is 12.1 Å². The molecule has 2 aromatic rings. The van der Waals surface area contributed by atoms with Crippen molar-refractivity contribution in [3.63, 3.8) is 0 Å². The van der Waals surface area contributed by atoms with Crippen molar-refractivity contribution >= 4 is 10.0 Å². The number of nitrogens with one attached hydrogen (secondary N) is 1. The normalized spacial score (nSPS) is 13.3. The van der Waals surface area contributed by atoms with Crippen LogP contribution in [0.4, 0.5) is 13.2 Å². The zero-order valence-corrected chi connectivity index (χ0v) is 11.2. The van der Waals surface area contributed by atoms with E-state index in [2.05, 4.69) is 0 Å². The number of aliphatic hydroxyl groups is 1. The maximum absolute atomic E-state index is 13.5. The Morgan fingerprint density at radius 2 is 1.90 bits per heavy atom. The van der Waals surface area contributed by atoms with E-state index in [9.17, 15) is 21.6 Å². The van der Waals surface area contributed by atoms with Crippen LogP contribution in [0.1, 0.15) is 11.8 Å². The van der Waals surface area contributed by atoms with Crippen molar-refractivity contribution in [1.29, 1.82) is 0 Å². The van der Waals surface area contributed by atoms with Gasteiger partial charge in [-0.05, 0) is 24.3 Å². The van der Waals surface area contributed by atoms with Gasteiger partial charge in [-0.3, -0.25) is 0 Å². The number of hydrogen-bond acceptors (Lipinski definition) is 4. The summed E-state index contributed by atoms with van der Waals surface area (Å²) in [5.74, 6) is -5.14. The largest absolute Gasteiger partial charge is 0.468 e. The van der Waals surface area contributed by atoms with Gasteiger partial charge in [-0.15, -0.1) is 0 Å². The standard InChI is InChI=1S/C12H10F3NO4S/c13-7-3-4-10(12(15)11(7)14)21(18,19)16-8(6-17)9-2-1-5-20-9/h1-5,8,16-17H,6H2. The SMILES string of the molecule is O=S(=O)(NC(CO)c1ccco1)c1ccc(F)c(F)c1F. The lowest BCUT2D eigenvalue weighted by molar-refractivity contribution is 0.241. The first kappa shape index (κ1) is 15.5. The Bertz CT molecular complexity index is 731. The number of benzene rings is 1. The summed E-state index contributed by atoms with van der Waals surface area (Å²) in [6, 6.07) is 2.76. The molecule has 21 heavy (non-hydrogen) atoms. The minimum atomic E-state index is -4.52. The maximum Gasteiger partial charge on any atom is 0.244 e. The minimum absolute atomic E-state index is 0.0871. The molecule has 0 aliphatic rings. The van der Waals surface area contributed by atoms with Crippen LogP contribution in [-0.4, -0.2) is 20.1 Å². The molecular weight excluding hydrogens is 311 g/mol. The molecule has 5 nitrogen and oxygen atoms in total. The lowest BCUT2D eigenvalue weighted by Gasteiger charge is -2.14. The molecule has 1 aromatic heterocycles. The molecule has 1 heterocycles. The molecule has 1 atom stereocenters. The summed E-state index contributed by atoms with van der Waals surface area (Å²) in [5.41, 5.74) is 0. The van der Waals surface area contributed by atoms with Crippen LogP contribution in [0.2, 0.25) is 0 Å². The molecule has 9 heteroatoms. The van der Waals surface area contributed by atoms with Crippen LogP contribution in [-0.2, 0) is 10.0 Å². The number of furan rings is 1. The van der Waals surface area contributed by atoms with Crippen molar-refractivity contribution in [3.05, 3.63) is 53.7 Å². The lowest BCUT2D eigenvalue weighted by atomic mass is 10.2. The van der Waals surface area contributed by atoms with Crippen molar-refractivity contribution in [3.8, 4) is 0 Å². The Kier molecular flexibility index (Phi) is 4.35. The van der Waals surface area contributed by atoms with Gasteiger partial charge in [0, 0.05) is 0 Å². The molecular formula is C12H10F3NO4S. The number of aliphatic hydroxyl groups excluding tert-OH is 1. The van der Waals surface area contributed by atoms with E-state index in [1.807, 2.05) is 4.72 Å². The first-order valence-electron chi connectivity index (χ1n) is 5.67. The molecule has 0 amide bonds. The zero-order chi connectivity index (χ0) is 15.6. The third kappa shape index (κ3) is 3.09. The molecule has 0 spiro atoms. The zero-order valence-electron chi connectivity index (χ0n) is 10.4. The molecule has 0 radical (unpaired) electrons. The van der Waals surface area contributed by atoms with Crippen LogP contribution < -0.4 is 4.72 Å². The van der Waals surface area contributed by atoms with Gasteiger partial charge < -0.3 is 9.52 Å². The molecule has 0 saturated heterocycles. The van der Waals surface area contributed by atoms with Crippen LogP contribution >= 0.6 is 0 Å². The van der Waals surface area contributed by atoms with Crippen molar-refractivity contribution in [2.45, 2.75) is 10.9 Å². The number of sulfonamides is 1. The first-order chi connectivity index (χ1) is 9.86. The smallest absolute Gasteiger partial charge is 0.244 e. The number of hydrogen-bond donors (Lipinski definition) is 2. The predicted molar refractivity (Wildman–Crippen MR) is 65.2 cm³/mol. The lowest BCUT2D eigenvalue weighted by Crippen LogP contribution is -2.31. The fourth-order valence-corrected chi connectivity index (χ4v) is 2.91. The molecule has 0 saturated carbocycles. The van der Waals surface area contributed by atoms with E-state index < -0.39 is 45.0 Å². The molecule has 2 N–H and O–H groups in total. The van der Waals surface area contributed by atoms with Crippen molar-refractivity contribution in [1.82, 2.24) is 4.72 Å². The fourth-order valence-electron chi connectivity index (χ4n) is 1.64. The topological polar surface area (TPSA) is 79.5 Å². The van der Waals surface area contributed by atoms with Gasteiger partial charge in [-0.25, -0.2) is 21.6 Å².